The van der Waals surface area contributed by atoms with Gasteiger partial charge in [0.1, 0.15) is 17.6 Å². The molecule has 0 aliphatic heterocycles. The first-order valence-corrected chi connectivity index (χ1v) is 8.87. The lowest BCUT2D eigenvalue weighted by molar-refractivity contribution is 0.414. The molecule has 2 aromatic rings. The van der Waals surface area contributed by atoms with E-state index >= 15 is 0 Å². The molecule has 5 nitrogen and oxygen atoms in total. The number of halogens is 2. The largest absolute Gasteiger partial charge is 0.497 e. The second-order valence-electron chi connectivity index (χ2n) is 4.57. The monoisotopic (exact) mass is 410 g/mol. The topological polar surface area (TPSA) is 79.2 Å². The molecule has 0 bridgehead atoms. The molecule has 2 rings (SSSR count). The maximum atomic E-state index is 13.7. The van der Waals surface area contributed by atoms with Crippen LogP contribution in [0.5, 0.6) is 5.75 Å². The smallest absolute Gasteiger partial charge is 0.218 e. The molecule has 0 atom stereocenters. The van der Waals surface area contributed by atoms with E-state index in [0.29, 0.717) is 10.2 Å². The van der Waals surface area contributed by atoms with Gasteiger partial charge in [-0.15, -0.1) is 0 Å². The standard InChI is InChI=1S/C16H12BrFN2O3S/c1-23-12-3-5-13(6-4-12)24(21,22)14(9-19)10-20-16-7-2-11(17)8-15(16)18/h2-8,10,20H,1H3/b14-10-. The summed E-state index contributed by atoms with van der Waals surface area (Å²) >= 11 is 3.12. The summed E-state index contributed by atoms with van der Waals surface area (Å²) in [4.78, 5) is -0.593. The van der Waals surface area contributed by atoms with Crippen LogP contribution in [0.15, 0.2) is 62.9 Å². The highest BCUT2D eigenvalue weighted by atomic mass is 79.9. The van der Waals surface area contributed by atoms with Crippen LogP contribution in [0.25, 0.3) is 0 Å². The van der Waals surface area contributed by atoms with Crippen LogP contribution >= 0.6 is 15.9 Å². The Bertz CT molecular complexity index is 919. The third-order valence-electron chi connectivity index (χ3n) is 3.06. The second kappa shape index (κ2) is 7.47. The maximum absolute atomic E-state index is 13.7. The highest BCUT2D eigenvalue weighted by Gasteiger charge is 2.21. The molecule has 0 saturated carbocycles. The fraction of sp³-hybridized carbons (Fsp3) is 0.0625. The normalized spacial score (nSPS) is 11.7. The second-order valence-corrected chi connectivity index (χ2v) is 7.40. The number of rotatable bonds is 5. The van der Waals surface area contributed by atoms with Gasteiger partial charge in [0.05, 0.1) is 17.7 Å². The molecule has 0 aliphatic rings. The molecule has 0 unspecified atom stereocenters. The van der Waals surface area contributed by atoms with Gasteiger partial charge in [0, 0.05) is 10.7 Å². The van der Waals surface area contributed by atoms with Crippen molar-refractivity contribution >= 4 is 31.5 Å². The van der Waals surface area contributed by atoms with Crippen molar-refractivity contribution in [1.82, 2.24) is 0 Å². The number of sulfone groups is 1. The van der Waals surface area contributed by atoms with E-state index in [4.69, 9.17) is 10.00 Å². The molecule has 2 aromatic carbocycles. The van der Waals surface area contributed by atoms with Gasteiger partial charge in [0.2, 0.25) is 9.84 Å². The zero-order valence-electron chi connectivity index (χ0n) is 12.5. The fourth-order valence-corrected chi connectivity index (χ4v) is 3.22. The van der Waals surface area contributed by atoms with E-state index in [2.05, 4.69) is 21.2 Å². The van der Waals surface area contributed by atoms with Crippen molar-refractivity contribution in [2.24, 2.45) is 0 Å². The predicted octanol–water partition coefficient (Wildman–Crippen LogP) is 3.85. The molecule has 8 heteroatoms. The molecule has 124 valence electrons. The lowest BCUT2D eigenvalue weighted by atomic mass is 10.3. The maximum Gasteiger partial charge on any atom is 0.218 e. The number of nitrogens with zero attached hydrogens (tertiary/aromatic N) is 1. The zero-order chi connectivity index (χ0) is 17.7. The number of nitriles is 1. The molecule has 0 heterocycles. The summed E-state index contributed by atoms with van der Waals surface area (Å²) in [6.45, 7) is 0. The van der Waals surface area contributed by atoms with E-state index in [1.54, 1.807) is 12.1 Å². The van der Waals surface area contributed by atoms with Gasteiger partial charge in [-0.25, -0.2) is 12.8 Å². The summed E-state index contributed by atoms with van der Waals surface area (Å²) in [5.74, 6) is -0.0914. The molecule has 0 radical (unpaired) electrons. The number of nitrogens with one attached hydrogen (secondary N) is 1. The number of hydrogen-bond donors (Lipinski definition) is 1. The minimum Gasteiger partial charge on any atom is -0.497 e. The van der Waals surface area contributed by atoms with Crippen LogP contribution in [-0.2, 0) is 9.84 Å². The third-order valence-corrected chi connectivity index (χ3v) is 5.23. The van der Waals surface area contributed by atoms with Gasteiger partial charge in [0.25, 0.3) is 0 Å². The van der Waals surface area contributed by atoms with Crippen molar-refractivity contribution < 1.29 is 17.5 Å². The van der Waals surface area contributed by atoms with Gasteiger partial charge >= 0.3 is 0 Å². The van der Waals surface area contributed by atoms with Crippen molar-refractivity contribution in [2.75, 3.05) is 12.4 Å². The number of allylic oxidation sites excluding steroid dienone is 1. The predicted molar refractivity (Wildman–Crippen MR) is 91.6 cm³/mol. The Hall–Kier alpha value is -2.37. The molecule has 0 fully saturated rings. The van der Waals surface area contributed by atoms with Crippen molar-refractivity contribution in [3.8, 4) is 11.8 Å². The molecule has 1 N–H and O–H groups in total. The van der Waals surface area contributed by atoms with Gasteiger partial charge in [0.15, 0.2) is 4.91 Å². The van der Waals surface area contributed by atoms with Crippen molar-refractivity contribution in [2.45, 2.75) is 4.90 Å². The average Bonchev–Trinajstić information content (AvgIpc) is 2.57. The molecular weight excluding hydrogens is 399 g/mol. The van der Waals surface area contributed by atoms with Gasteiger partial charge in [-0.1, -0.05) is 15.9 Å². The Morgan fingerprint density at radius 1 is 1.29 bits per heavy atom. The Kier molecular flexibility index (Phi) is 5.59. The minimum atomic E-state index is -4.02. The van der Waals surface area contributed by atoms with E-state index in [0.717, 1.165) is 6.20 Å². The summed E-state index contributed by atoms with van der Waals surface area (Å²) < 4.78 is 44.1. The first-order valence-electron chi connectivity index (χ1n) is 6.59. The number of methoxy groups -OCH3 is 1. The van der Waals surface area contributed by atoms with Crippen molar-refractivity contribution in [3.63, 3.8) is 0 Å². The van der Waals surface area contributed by atoms with Crippen molar-refractivity contribution in [3.05, 3.63) is 63.9 Å². The summed E-state index contributed by atoms with van der Waals surface area (Å²) in [5, 5.41) is 11.7. The quantitative estimate of drug-likeness (QED) is 0.757. The van der Waals surface area contributed by atoms with E-state index in [9.17, 15) is 12.8 Å². The Labute approximate surface area is 147 Å². The molecule has 0 aromatic heterocycles. The molecule has 0 aliphatic carbocycles. The number of ether oxygens (including phenoxy) is 1. The lowest BCUT2D eigenvalue weighted by Gasteiger charge is -2.06. The molecule has 0 amide bonds. The molecular formula is C16H12BrFN2O3S. The summed E-state index contributed by atoms with van der Waals surface area (Å²) in [6.07, 6.45) is 0.964. The van der Waals surface area contributed by atoms with E-state index in [1.807, 2.05) is 0 Å². The van der Waals surface area contributed by atoms with Crippen LogP contribution in [0.3, 0.4) is 0 Å². The van der Waals surface area contributed by atoms with E-state index in [1.165, 1.54) is 43.5 Å². The van der Waals surface area contributed by atoms with Crippen LogP contribution in [0.1, 0.15) is 0 Å². The SMILES string of the molecule is COc1ccc(S(=O)(=O)/C(C#N)=C\Nc2ccc(Br)cc2F)cc1. The summed E-state index contributed by atoms with van der Waals surface area (Å²) in [5.41, 5.74) is 0.0517. The van der Waals surface area contributed by atoms with Crippen LogP contribution in [0.4, 0.5) is 10.1 Å². The Balaban J connectivity index is 2.33. The Morgan fingerprint density at radius 3 is 2.50 bits per heavy atom. The number of anilines is 1. The van der Waals surface area contributed by atoms with Gasteiger partial charge in [-0.2, -0.15) is 5.26 Å². The average molecular weight is 411 g/mol. The van der Waals surface area contributed by atoms with Crippen LogP contribution in [0, 0.1) is 17.1 Å². The summed E-state index contributed by atoms with van der Waals surface area (Å²) in [7, 11) is -2.56. The first kappa shape index (κ1) is 18.0. The van der Waals surface area contributed by atoms with Gasteiger partial charge in [-0.05, 0) is 42.5 Å². The Morgan fingerprint density at radius 2 is 1.96 bits per heavy atom. The molecule has 0 spiro atoms. The first-order chi connectivity index (χ1) is 11.4. The zero-order valence-corrected chi connectivity index (χ0v) is 14.9. The van der Waals surface area contributed by atoms with Crippen LogP contribution < -0.4 is 10.1 Å². The lowest BCUT2D eigenvalue weighted by Crippen LogP contribution is -2.06. The molecule has 24 heavy (non-hydrogen) atoms. The molecule has 0 saturated heterocycles. The van der Waals surface area contributed by atoms with Crippen LogP contribution in [0.2, 0.25) is 0 Å². The summed E-state index contributed by atoms with van der Waals surface area (Å²) in [6, 6.07) is 11.5. The number of benzene rings is 2. The minimum absolute atomic E-state index is 0.0517. The fourth-order valence-electron chi connectivity index (χ4n) is 1.80. The van der Waals surface area contributed by atoms with Gasteiger partial charge < -0.3 is 10.1 Å². The highest BCUT2D eigenvalue weighted by molar-refractivity contribution is 9.10. The highest BCUT2D eigenvalue weighted by Crippen LogP contribution is 2.23. The van der Waals surface area contributed by atoms with Gasteiger partial charge in [-0.3, -0.25) is 0 Å². The van der Waals surface area contributed by atoms with Crippen molar-refractivity contribution in [1.29, 1.82) is 5.26 Å². The van der Waals surface area contributed by atoms with Crippen LogP contribution in [-0.4, -0.2) is 15.5 Å². The van der Waals surface area contributed by atoms with E-state index < -0.39 is 20.6 Å². The van der Waals surface area contributed by atoms with E-state index in [-0.39, 0.29) is 10.6 Å². The number of hydrogen-bond acceptors (Lipinski definition) is 5. The third kappa shape index (κ3) is 3.93.